The highest BCUT2D eigenvalue weighted by atomic mass is 16.5. The monoisotopic (exact) mass is 190 g/mol. The lowest BCUT2D eigenvalue weighted by molar-refractivity contribution is 0.103. The zero-order valence-electron chi connectivity index (χ0n) is 7.49. The van der Waals surface area contributed by atoms with Crippen molar-refractivity contribution < 1.29 is 9.53 Å². The molecule has 2 bridgehead atoms. The molecule has 2 amide bonds. The average molecular weight is 190 g/mol. The van der Waals surface area contributed by atoms with Gasteiger partial charge in [-0.15, -0.1) is 0 Å². The van der Waals surface area contributed by atoms with Crippen LogP contribution in [0.1, 0.15) is 18.0 Å². The number of para-hydroxylation sites is 1. The number of rotatable bonds is 0. The predicted molar refractivity (Wildman–Crippen MR) is 49.9 cm³/mol. The van der Waals surface area contributed by atoms with Gasteiger partial charge >= 0.3 is 6.03 Å². The molecule has 0 spiro atoms. The molecule has 2 aliphatic rings. The smallest absolute Gasteiger partial charge is 0.318 e. The number of hydrogen-bond donors (Lipinski definition) is 2. The second kappa shape index (κ2) is 2.64. The number of ether oxygens (including phenoxy) is 1. The molecule has 2 atom stereocenters. The van der Waals surface area contributed by atoms with E-state index < -0.39 is 0 Å². The summed E-state index contributed by atoms with van der Waals surface area (Å²) in [5, 5.41) is 5.59. The summed E-state index contributed by atoms with van der Waals surface area (Å²) in [7, 11) is 0. The summed E-state index contributed by atoms with van der Waals surface area (Å²) >= 11 is 0. The van der Waals surface area contributed by atoms with Gasteiger partial charge in [-0.05, 0) is 6.07 Å². The number of benzene rings is 1. The van der Waals surface area contributed by atoms with Crippen LogP contribution < -0.4 is 15.4 Å². The van der Waals surface area contributed by atoms with Crippen molar-refractivity contribution in [2.24, 2.45) is 0 Å². The molecule has 1 fully saturated rings. The van der Waals surface area contributed by atoms with Gasteiger partial charge in [0.25, 0.3) is 0 Å². The summed E-state index contributed by atoms with van der Waals surface area (Å²) in [6, 6.07) is 7.74. The van der Waals surface area contributed by atoms with Crippen molar-refractivity contribution >= 4 is 6.03 Å². The van der Waals surface area contributed by atoms with Gasteiger partial charge in [0, 0.05) is 12.0 Å². The molecule has 2 N–H and O–H groups in total. The maximum atomic E-state index is 11.2. The van der Waals surface area contributed by atoms with Crippen LogP contribution in [0.2, 0.25) is 0 Å². The van der Waals surface area contributed by atoms with Crippen LogP contribution >= 0.6 is 0 Å². The van der Waals surface area contributed by atoms with Gasteiger partial charge in [0.1, 0.15) is 5.75 Å². The van der Waals surface area contributed by atoms with Crippen molar-refractivity contribution in [3.05, 3.63) is 29.8 Å². The minimum Gasteiger partial charge on any atom is -0.470 e. The number of fused-ring (bicyclic) bond motifs is 4. The molecule has 14 heavy (non-hydrogen) atoms. The first kappa shape index (κ1) is 7.67. The number of urea groups is 1. The molecule has 0 aliphatic carbocycles. The fourth-order valence-electron chi connectivity index (χ4n) is 1.99. The van der Waals surface area contributed by atoms with Crippen LogP contribution in [-0.2, 0) is 0 Å². The Morgan fingerprint density at radius 3 is 3.07 bits per heavy atom. The Morgan fingerprint density at radius 2 is 2.14 bits per heavy atom. The molecule has 2 unspecified atom stereocenters. The first-order chi connectivity index (χ1) is 6.83. The Morgan fingerprint density at radius 1 is 1.29 bits per heavy atom. The van der Waals surface area contributed by atoms with Crippen LogP contribution in [0.4, 0.5) is 4.79 Å². The summed E-state index contributed by atoms with van der Waals surface area (Å²) < 4.78 is 5.60. The largest absolute Gasteiger partial charge is 0.470 e. The van der Waals surface area contributed by atoms with E-state index in [-0.39, 0.29) is 18.3 Å². The van der Waals surface area contributed by atoms with E-state index in [4.69, 9.17) is 4.74 Å². The lowest BCUT2D eigenvalue weighted by Gasteiger charge is -2.37. The van der Waals surface area contributed by atoms with Crippen molar-refractivity contribution in [2.45, 2.75) is 18.7 Å². The van der Waals surface area contributed by atoms with Gasteiger partial charge in [-0.25, -0.2) is 4.79 Å². The van der Waals surface area contributed by atoms with E-state index in [2.05, 4.69) is 10.6 Å². The molecular formula is C10H10N2O2. The van der Waals surface area contributed by atoms with Gasteiger partial charge in [0.05, 0.1) is 6.04 Å². The van der Waals surface area contributed by atoms with Crippen molar-refractivity contribution in [1.29, 1.82) is 0 Å². The molecule has 1 aromatic carbocycles. The van der Waals surface area contributed by atoms with Gasteiger partial charge in [0.2, 0.25) is 0 Å². The van der Waals surface area contributed by atoms with Crippen molar-refractivity contribution in [3.8, 4) is 5.75 Å². The number of carbonyl (C=O) groups is 1. The normalized spacial score (nSPS) is 28.1. The van der Waals surface area contributed by atoms with E-state index in [1.165, 1.54) is 0 Å². The molecule has 72 valence electrons. The first-order valence-electron chi connectivity index (χ1n) is 4.65. The zero-order valence-corrected chi connectivity index (χ0v) is 7.49. The number of nitrogens with one attached hydrogen (secondary N) is 2. The van der Waals surface area contributed by atoms with Crippen LogP contribution in [0.5, 0.6) is 5.75 Å². The zero-order chi connectivity index (χ0) is 9.54. The van der Waals surface area contributed by atoms with E-state index in [0.29, 0.717) is 0 Å². The van der Waals surface area contributed by atoms with Crippen LogP contribution in [0.25, 0.3) is 0 Å². The third-order valence-electron chi connectivity index (χ3n) is 2.61. The van der Waals surface area contributed by atoms with Crippen molar-refractivity contribution in [2.75, 3.05) is 0 Å². The lowest BCUT2D eigenvalue weighted by Crippen LogP contribution is -2.55. The summed E-state index contributed by atoms with van der Waals surface area (Å²) in [4.78, 5) is 11.2. The predicted octanol–water partition coefficient (Wildman–Crippen LogP) is 1.15. The highest BCUT2D eigenvalue weighted by Gasteiger charge is 2.34. The van der Waals surface area contributed by atoms with Crippen LogP contribution in [0.3, 0.4) is 0 Å². The van der Waals surface area contributed by atoms with E-state index >= 15 is 0 Å². The quantitative estimate of drug-likeness (QED) is 0.644. The standard InChI is InChI=1S/C10H10N2O2/c13-10-11-7-5-9(12-10)14-8-4-2-1-3-6(7)8/h1-4,7,9H,5H2,(H2,11,12,13). The van der Waals surface area contributed by atoms with Crippen molar-refractivity contribution in [1.82, 2.24) is 10.6 Å². The topological polar surface area (TPSA) is 50.4 Å². The van der Waals surface area contributed by atoms with Gasteiger partial charge < -0.3 is 15.4 Å². The minimum atomic E-state index is -0.177. The molecule has 4 nitrogen and oxygen atoms in total. The molecule has 2 aliphatic heterocycles. The summed E-state index contributed by atoms with van der Waals surface area (Å²) in [6.45, 7) is 0. The Bertz CT molecular complexity index is 391. The highest BCUT2D eigenvalue weighted by molar-refractivity contribution is 5.76. The highest BCUT2D eigenvalue weighted by Crippen LogP contribution is 2.35. The number of amides is 2. The number of hydrogen-bond acceptors (Lipinski definition) is 2. The minimum absolute atomic E-state index is 0.0960. The molecular weight excluding hydrogens is 180 g/mol. The Balaban J connectivity index is 2.05. The summed E-state index contributed by atoms with van der Waals surface area (Å²) in [5.41, 5.74) is 1.07. The molecule has 0 radical (unpaired) electrons. The molecule has 3 rings (SSSR count). The fraction of sp³-hybridized carbons (Fsp3) is 0.300. The Kier molecular flexibility index (Phi) is 1.45. The van der Waals surface area contributed by atoms with Gasteiger partial charge in [-0.2, -0.15) is 0 Å². The van der Waals surface area contributed by atoms with E-state index in [1.54, 1.807) is 0 Å². The lowest BCUT2D eigenvalue weighted by atomic mass is 9.98. The molecule has 1 aromatic rings. The maximum absolute atomic E-state index is 11.2. The average Bonchev–Trinajstić information content (AvgIpc) is 2.17. The Hall–Kier alpha value is -1.71. The SMILES string of the molecule is O=C1NC2CC(N1)c1ccccc1O2. The molecule has 2 heterocycles. The third kappa shape index (κ3) is 1.04. The van der Waals surface area contributed by atoms with Gasteiger partial charge in [-0.3, -0.25) is 0 Å². The number of carbonyl (C=O) groups excluding carboxylic acids is 1. The second-order valence-electron chi connectivity index (χ2n) is 3.55. The third-order valence-corrected chi connectivity index (χ3v) is 2.61. The Labute approximate surface area is 81.3 Å². The van der Waals surface area contributed by atoms with Crippen LogP contribution in [0, 0.1) is 0 Å². The van der Waals surface area contributed by atoms with Gasteiger partial charge in [0.15, 0.2) is 6.23 Å². The van der Waals surface area contributed by atoms with E-state index in [9.17, 15) is 4.79 Å². The van der Waals surface area contributed by atoms with Crippen LogP contribution in [0.15, 0.2) is 24.3 Å². The molecule has 4 heteroatoms. The molecule has 0 aromatic heterocycles. The van der Waals surface area contributed by atoms with Gasteiger partial charge in [-0.1, -0.05) is 18.2 Å². The summed E-state index contributed by atoms with van der Waals surface area (Å²) in [6.07, 6.45) is 0.617. The second-order valence-corrected chi connectivity index (χ2v) is 3.55. The van der Waals surface area contributed by atoms with E-state index in [0.717, 1.165) is 17.7 Å². The van der Waals surface area contributed by atoms with Crippen LogP contribution in [-0.4, -0.2) is 12.3 Å². The fourth-order valence-corrected chi connectivity index (χ4v) is 1.99. The molecule has 0 saturated carbocycles. The van der Waals surface area contributed by atoms with E-state index in [1.807, 2.05) is 24.3 Å². The maximum Gasteiger partial charge on any atom is 0.318 e. The first-order valence-corrected chi connectivity index (χ1v) is 4.65. The summed E-state index contributed by atoms with van der Waals surface area (Å²) in [5.74, 6) is 0.862. The van der Waals surface area contributed by atoms with Crippen molar-refractivity contribution in [3.63, 3.8) is 0 Å². The molecule has 1 saturated heterocycles.